The highest BCUT2D eigenvalue weighted by Gasteiger charge is 2.11. The Morgan fingerprint density at radius 2 is 0.958 bits per heavy atom. The summed E-state index contributed by atoms with van der Waals surface area (Å²) in [6.07, 6.45) is 0. The molecule has 0 aliphatic carbocycles. The van der Waals surface area contributed by atoms with Crippen LogP contribution < -0.4 is 0 Å². The molecule has 0 N–H and O–H groups in total. The zero-order valence-corrected chi connectivity index (χ0v) is 15.6. The maximum atomic E-state index is 4.44. The summed E-state index contributed by atoms with van der Waals surface area (Å²) in [5.41, 5.74) is 1.83. The molecular weight excluding hydrogens is 428 g/mol. The summed E-state index contributed by atoms with van der Waals surface area (Å²) >= 11 is 7.20. The molecule has 1 aromatic heterocycles. The van der Waals surface area contributed by atoms with Gasteiger partial charge in [-0.2, -0.15) is 0 Å². The molecule has 5 rings (SSSR count). The van der Waals surface area contributed by atoms with E-state index in [0.717, 1.165) is 30.8 Å². The molecule has 5 aromatic rings. The summed E-state index contributed by atoms with van der Waals surface area (Å²) < 4.78 is 2.13. The van der Waals surface area contributed by atoms with Crippen molar-refractivity contribution in [3.63, 3.8) is 0 Å². The molecule has 2 nitrogen and oxygen atoms in total. The summed E-state index contributed by atoms with van der Waals surface area (Å²) in [4.78, 5) is 0. The molecule has 0 saturated carbocycles. The minimum absolute atomic E-state index is 0.917. The summed E-state index contributed by atoms with van der Waals surface area (Å²) in [5, 5.41) is 16.0. The Labute approximate surface area is 154 Å². The zero-order chi connectivity index (χ0) is 16.3. The number of fused-ring (bicyclic) bond motifs is 7. The van der Waals surface area contributed by atoms with Crippen molar-refractivity contribution >= 4 is 75.2 Å². The molecule has 4 heteroatoms. The maximum Gasteiger partial charge on any atom is 0.0942 e. The second-order valence-electron chi connectivity index (χ2n) is 5.85. The third kappa shape index (κ3) is 2.06. The lowest BCUT2D eigenvalue weighted by Crippen LogP contribution is -1.90. The van der Waals surface area contributed by atoms with Crippen molar-refractivity contribution in [2.24, 2.45) is 0 Å². The molecule has 0 aliphatic rings. The van der Waals surface area contributed by atoms with Gasteiger partial charge in [0.15, 0.2) is 0 Å². The number of hydrogen-bond acceptors (Lipinski definition) is 2. The van der Waals surface area contributed by atoms with Gasteiger partial charge >= 0.3 is 0 Å². The van der Waals surface area contributed by atoms with Crippen LogP contribution in [0.1, 0.15) is 0 Å². The van der Waals surface area contributed by atoms with Crippen molar-refractivity contribution in [3.05, 3.63) is 69.6 Å². The van der Waals surface area contributed by atoms with Crippen LogP contribution in [0.4, 0.5) is 0 Å². The normalized spacial score (nSPS) is 11.8. The average Bonchev–Trinajstić information content (AvgIpc) is 2.60. The second-order valence-corrected chi connectivity index (χ2v) is 7.68. The van der Waals surface area contributed by atoms with Gasteiger partial charge in [-0.25, -0.2) is 0 Å². The Bertz CT molecular complexity index is 1170. The smallest absolute Gasteiger partial charge is 0.0942 e. The molecule has 0 saturated heterocycles. The topological polar surface area (TPSA) is 25.8 Å². The van der Waals surface area contributed by atoms with E-state index in [9.17, 15) is 0 Å². The van der Waals surface area contributed by atoms with Crippen LogP contribution in [0.2, 0.25) is 0 Å². The standard InChI is InChI=1S/C20H10Br2N2/c21-13-5-1-11-3-7-17-19(15(11)9-13)20-16-10-14(22)6-2-12(16)4-8-18(20)24-23-17/h1-10H. The molecule has 0 unspecified atom stereocenters. The van der Waals surface area contributed by atoms with Crippen molar-refractivity contribution in [1.29, 1.82) is 0 Å². The highest BCUT2D eigenvalue weighted by molar-refractivity contribution is 9.10. The van der Waals surface area contributed by atoms with Gasteiger partial charge in [0.05, 0.1) is 11.0 Å². The quantitative estimate of drug-likeness (QED) is 0.254. The van der Waals surface area contributed by atoms with Gasteiger partial charge in [0, 0.05) is 19.7 Å². The third-order valence-electron chi connectivity index (χ3n) is 4.44. The fourth-order valence-electron chi connectivity index (χ4n) is 3.36. The number of halogens is 2. The van der Waals surface area contributed by atoms with E-state index >= 15 is 0 Å². The minimum Gasteiger partial charge on any atom is -0.150 e. The highest BCUT2D eigenvalue weighted by atomic mass is 79.9. The first kappa shape index (κ1) is 14.3. The van der Waals surface area contributed by atoms with E-state index in [1.807, 2.05) is 0 Å². The van der Waals surface area contributed by atoms with Crippen LogP contribution in [0.25, 0.3) is 43.4 Å². The van der Waals surface area contributed by atoms with Crippen LogP contribution in [0.3, 0.4) is 0 Å². The SMILES string of the molecule is Brc1ccc2ccc3nnc4ccc5ccc(Br)cc5c4c3c2c1. The van der Waals surface area contributed by atoms with Crippen molar-refractivity contribution in [2.75, 3.05) is 0 Å². The number of benzene rings is 4. The first-order chi connectivity index (χ1) is 11.7. The van der Waals surface area contributed by atoms with Gasteiger partial charge in [-0.3, -0.25) is 0 Å². The van der Waals surface area contributed by atoms with Crippen LogP contribution in [0.15, 0.2) is 69.6 Å². The van der Waals surface area contributed by atoms with E-state index in [-0.39, 0.29) is 0 Å². The fourth-order valence-corrected chi connectivity index (χ4v) is 4.08. The molecular formula is C20H10Br2N2. The molecule has 0 aliphatic heterocycles. The lowest BCUT2D eigenvalue weighted by atomic mass is 9.98. The van der Waals surface area contributed by atoms with E-state index in [1.54, 1.807) is 0 Å². The van der Waals surface area contributed by atoms with Crippen molar-refractivity contribution in [3.8, 4) is 0 Å². The summed E-state index contributed by atoms with van der Waals surface area (Å²) in [7, 11) is 0. The summed E-state index contributed by atoms with van der Waals surface area (Å²) in [6, 6.07) is 21.0. The fraction of sp³-hybridized carbons (Fsp3) is 0. The van der Waals surface area contributed by atoms with Crippen molar-refractivity contribution in [2.45, 2.75) is 0 Å². The Balaban J connectivity index is 2.16. The highest BCUT2D eigenvalue weighted by Crippen LogP contribution is 2.36. The average molecular weight is 438 g/mol. The molecule has 0 fully saturated rings. The minimum atomic E-state index is 0.917. The van der Waals surface area contributed by atoms with Gasteiger partial charge in [0.2, 0.25) is 0 Å². The zero-order valence-electron chi connectivity index (χ0n) is 12.4. The molecule has 0 radical (unpaired) electrons. The van der Waals surface area contributed by atoms with E-state index in [1.165, 1.54) is 21.5 Å². The van der Waals surface area contributed by atoms with Gasteiger partial charge < -0.3 is 0 Å². The predicted molar refractivity (Wildman–Crippen MR) is 107 cm³/mol. The van der Waals surface area contributed by atoms with E-state index in [4.69, 9.17) is 0 Å². The van der Waals surface area contributed by atoms with E-state index in [0.29, 0.717) is 0 Å². The Kier molecular flexibility index (Phi) is 3.12. The molecule has 0 spiro atoms. The van der Waals surface area contributed by atoms with Gasteiger partial charge in [0.25, 0.3) is 0 Å². The lowest BCUT2D eigenvalue weighted by molar-refractivity contribution is 1.12. The third-order valence-corrected chi connectivity index (χ3v) is 5.43. The molecule has 24 heavy (non-hydrogen) atoms. The van der Waals surface area contributed by atoms with Crippen LogP contribution in [-0.2, 0) is 0 Å². The molecule has 1 heterocycles. The lowest BCUT2D eigenvalue weighted by Gasteiger charge is -2.10. The maximum absolute atomic E-state index is 4.44. The number of aromatic nitrogens is 2. The van der Waals surface area contributed by atoms with Gasteiger partial charge in [-0.15, -0.1) is 10.2 Å². The number of rotatable bonds is 0. The first-order valence-corrected chi connectivity index (χ1v) is 9.16. The van der Waals surface area contributed by atoms with E-state index < -0.39 is 0 Å². The van der Waals surface area contributed by atoms with Gasteiger partial charge in [-0.05, 0) is 57.9 Å². The van der Waals surface area contributed by atoms with Crippen LogP contribution in [-0.4, -0.2) is 10.2 Å². The largest absolute Gasteiger partial charge is 0.150 e. The Morgan fingerprint density at radius 3 is 1.42 bits per heavy atom. The van der Waals surface area contributed by atoms with Crippen LogP contribution in [0, 0.1) is 0 Å². The first-order valence-electron chi connectivity index (χ1n) is 7.57. The summed E-state index contributed by atoms with van der Waals surface area (Å²) in [6.45, 7) is 0. The molecule has 114 valence electrons. The summed E-state index contributed by atoms with van der Waals surface area (Å²) in [5.74, 6) is 0. The van der Waals surface area contributed by atoms with E-state index in [2.05, 4.69) is 103 Å². The van der Waals surface area contributed by atoms with Crippen LogP contribution in [0.5, 0.6) is 0 Å². The van der Waals surface area contributed by atoms with Crippen molar-refractivity contribution in [1.82, 2.24) is 10.2 Å². The molecule has 0 atom stereocenters. The van der Waals surface area contributed by atoms with Crippen molar-refractivity contribution < 1.29 is 0 Å². The molecule has 0 bridgehead atoms. The van der Waals surface area contributed by atoms with Gasteiger partial charge in [0.1, 0.15) is 0 Å². The Hall–Kier alpha value is -2.04. The van der Waals surface area contributed by atoms with Crippen LogP contribution >= 0.6 is 31.9 Å². The second kappa shape index (κ2) is 5.23. The molecule has 0 amide bonds. The Morgan fingerprint density at radius 1 is 0.542 bits per heavy atom. The predicted octanol–water partition coefficient (Wildman–Crippen LogP) is 6.61. The van der Waals surface area contributed by atoms with Gasteiger partial charge in [-0.1, -0.05) is 56.1 Å². The monoisotopic (exact) mass is 436 g/mol. The number of hydrogen-bond donors (Lipinski definition) is 0. The molecule has 4 aromatic carbocycles. The number of nitrogens with zero attached hydrogens (tertiary/aromatic N) is 2.